The third kappa shape index (κ3) is 3.88. The SMILES string of the molecule is CC(O)CN(C)C(=O)c1cc(Br)cc(Br)c1. The van der Waals surface area contributed by atoms with Crippen molar-refractivity contribution in [2.45, 2.75) is 13.0 Å². The summed E-state index contributed by atoms with van der Waals surface area (Å²) in [6.07, 6.45) is -0.524. The minimum Gasteiger partial charge on any atom is -0.392 e. The van der Waals surface area contributed by atoms with Crippen molar-refractivity contribution < 1.29 is 9.90 Å². The van der Waals surface area contributed by atoms with E-state index in [4.69, 9.17) is 0 Å². The molecule has 0 fully saturated rings. The Morgan fingerprint density at radius 1 is 1.38 bits per heavy atom. The van der Waals surface area contributed by atoms with Gasteiger partial charge in [-0.2, -0.15) is 0 Å². The maximum absolute atomic E-state index is 12.0. The van der Waals surface area contributed by atoms with Crippen LogP contribution in [-0.4, -0.2) is 35.6 Å². The van der Waals surface area contributed by atoms with Crippen LogP contribution in [0.4, 0.5) is 0 Å². The summed E-state index contributed by atoms with van der Waals surface area (Å²) in [5.41, 5.74) is 0.587. The van der Waals surface area contributed by atoms with Gasteiger partial charge in [-0.3, -0.25) is 4.79 Å². The number of rotatable bonds is 3. The molecule has 0 heterocycles. The zero-order chi connectivity index (χ0) is 12.3. The lowest BCUT2D eigenvalue weighted by Gasteiger charge is -2.19. The average Bonchev–Trinajstić information content (AvgIpc) is 2.13. The maximum atomic E-state index is 12.0. The molecule has 0 aliphatic carbocycles. The van der Waals surface area contributed by atoms with E-state index in [0.29, 0.717) is 12.1 Å². The lowest BCUT2D eigenvalue weighted by Crippen LogP contribution is -2.33. The Morgan fingerprint density at radius 2 is 1.88 bits per heavy atom. The summed E-state index contributed by atoms with van der Waals surface area (Å²) in [6.45, 7) is 1.98. The summed E-state index contributed by atoms with van der Waals surface area (Å²) in [5.74, 6) is -0.108. The van der Waals surface area contributed by atoms with Crippen LogP contribution >= 0.6 is 31.9 Å². The summed E-state index contributed by atoms with van der Waals surface area (Å²) in [4.78, 5) is 13.5. The number of hydrogen-bond donors (Lipinski definition) is 1. The molecule has 1 aromatic rings. The highest BCUT2D eigenvalue weighted by Crippen LogP contribution is 2.20. The first-order chi connectivity index (χ1) is 7.40. The van der Waals surface area contributed by atoms with Gasteiger partial charge in [0, 0.05) is 28.1 Å². The number of likely N-dealkylation sites (N-methyl/N-ethyl adjacent to an activating group) is 1. The number of aliphatic hydroxyl groups excluding tert-OH is 1. The van der Waals surface area contributed by atoms with Gasteiger partial charge in [0.25, 0.3) is 5.91 Å². The van der Waals surface area contributed by atoms with Crippen molar-refractivity contribution in [3.8, 4) is 0 Å². The first-order valence-electron chi connectivity index (χ1n) is 4.79. The van der Waals surface area contributed by atoms with E-state index in [-0.39, 0.29) is 5.91 Å². The summed E-state index contributed by atoms with van der Waals surface area (Å²) in [5, 5.41) is 9.22. The molecule has 5 heteroatoms. The van der Waals surface area contributed by atoms with Crippen molar-refractivity contribution in [3.05, 3.63) is 32.7 Å². The molecule has 3 nitrogen and oxygen atoms in total. The van der Waals surface area contributed by atoms with E-state index in [1.54, 1.807) is 26.1 Å². The molecule has 88 valence electrons. The van der Waals surface area contributed by atoms with Crippen LogP contribution in [0.2, 0.25) is 0 Å². The molecule has 1 rings (SSSR count). The zero-order valence-corrected chi connectivity index (χ0v) is 12.2. The van der Waals surface area contributed by atoms with Crippen LogP contribution in [0.15, 0.2) is 27.1 Å². The normalized spacial score (nSPS) is 12.3. The molecule has 1 aromatic carbocycles. The predicted octanol–water partition coefficient (Wildman–Crippen LogP) is 2.66. The Hall–Kier alpha value is -0.390. The van der Waals surface area contributed by atoms with Gasteiger partial charge in [-0.25, -0.2) is 0 Å². The zero-order valence-electron chi connectivity index (χ0n) is 9.08. The van der Waals surface area contributed by atoms with Gasteiger partial charge in [-0.1, -0.05) is 31.9 Å². The van der Waals surface area contributed by atoms with Crippen LogP contribution in [0, 0.1) is 0 Å². The summed E-state index contributed by atoms with van der Waals surface area (Å²) >= 11 is 6.66. The van der Waals surface area contributed by atoms with Gasteiger partial charge in [0.2, 0.25) is 0 Å². The molecule has 0 aromatic heterocycles. The molecule has 1 unspecified atom stereocenters. The van der Waals surface area contributed by atoms with Crippen LogP contribution < -0.4 is 0 Å². The number of halogens is 2. The molecule has 1 atom stereocenters. The molecule has 0 aliphatic rings. The Balaban J connectivity index is 2.87. The second-order valence-corrected chi connectivity index (χ2v) is 5.52. The second-order valence-electron chi connectivity index (χ2n) is 3.69. The van der Waals surface area contributed by atoms with Crippen LogP contribution in [-0.2, 0) is 0 Å². The highest BCUT2D eigenvalue weighted by molar-refractivity contribution is 9.11. The highest BCUT2D eigenvalue weighted by atomic mass is 79.9. The van der Waals surface area contributed by atoms with E-state index in [2.05, 4.69) is 31.9 Å². The Morgan fingerprint density at radius 3 is 2.31 bits per heavy atom. The average molecular weight is 351 g/mol. The number of carbonyl (C=O) groups is 1. The van der Waals surface area contributed by atoms with Gasteiger partial charge in [-0.05, 0) is 25.1 Å². The van der Waals surface area contributed by atoms with Crippen molar-refractivity contribution in [2.75, 3.05) is 13.6 Å². The van der Waals surface area contributed by atoms with E-state index in [1.807, 2.05) is 6.07 Å². The molecular formula is C11H13Br2NO2. The predicted molar refractivity (Wildman–Crippen MR) is 70.5 cm³/mol. The van der Waals surface area contributed by atoms with Gasteiger partial charge in [0.1, 0.15) is 0 Å². The number of benzene rings is 1. The topological polar surface area (TPSA) is 40.5 Å². The number of amides is 1. The third-order valence-electron chi connectivity index (χ3n) is 1.99. The maximum Gasteiger partial charge on any atom is 0.253 e. The van der Waals surface area contributed by atoms with Gasteiger partial charge in [0.15, 0.2) is 0 Å². The van der Waals surface area contributed by atoms with Gasteiger partial charge in [-0.15, -0.1) is 0 Å². The molecule has 1 amide bonds. The van der Waals surface area contributed by atoms with E-state index >= 15 is 0 Å². The minimum absolute atomic E-state index is 0.108. The van der Waals surface area contributed by atoms with Crippen molar-refractivity contribution in [1.82, 2.24) is 4.90 Å². The van der Waals surface area contributed by atoms with E-state index in [9.17, 15) is 9.90 Å². The molecule has 16 heavy (non-hydrogen) atoms. The van der Waals surface area contributed by atoms with Gasteiger partial charge in [0.05, 0.1) is 6.10 Å². The molecule has 0 aliphatic heterocycles. The standard InChI is InChI=1S/C11H13Br2NO2/c1-7(15)6-14(2)11(16)8-3-9(12)5-10(13)4-8/h3-5,7,15H,6H2,1-2H3. The van der Waals surface area contributed by atoms with Crippen molar-refractivity contribution in [1.29, 1.82) is 0 Å². The number of aliphatic hydroxyl groups is 1. The van der Waals surface area contributed by atoms with Crippen LogP contribution in [0.5, 0.6) is 0 Å². The van der Waals surface area contributed by atoms with Gasteiger partial charge < -0.3 is 10.0 Å². The number of nitrogens with zero attached hydrogens (tertiary/aromatic N) is 1. The fourth-order valence-electron chi connectivity index (χ4n) is 1.38. The van der Waals surface area contributed by atoms with Crippen LogP contribution in [0.1, 0.15) is 17.3 Å². The van der Waals surface area contributed by atoms with Crippen molar-refractivity contribution in [2.24, 2.45) is 0 Å². The van der Waals surface area contributed by atoms with Crippen molar-refractivity contribution in [3.63, 3.8) is 0 Å². The summed E-state index contributed by atoms with van der Waals surface area (Å²) in [6, 6.07) is 5.38. The molecule has 1 N–H and O–H groups in total. The fourth-order valence-corrected chi connectivity index (χ4v) is 2.67. The summed E-state index contributed by atoms with van der Waals surface area (Å²) < 4.78 is 1.69. The minimum atomic E-state index is -0.524. The Bertz CT molecular complexity index is 373. The largest absolute Gasteiger partial charge is 0.392 e. The van der Waals surface area contributed by atoms with Crippen molar-refractivity contribution >= 4 is 37.8 Å². The van der Waals surface area contributed by atoms with E-state index in [1.165, 1.54) is 4.90 Å². The molecule has 0 radical (unpaired) electrons. The Kier molecular flexibility index (Phi) is 4.95. The van der Waals surface area contributed by atoms with Crippen LogP contribution in [0.3, 0.4) is 0 Å². The molecule has 0 saturated carbocycles. The molecule has 0 saturated heterocycles. The summed E-state index contributed by atoms with van der Waals surface area (Å²) in [7, 11) is 1.67. The lowest BCUT2D eigenvalue weighted by molar-refractivity contribution is 0.0703. The first-order valence-corrected chi connectivity index (χ1v) is 6.38. The second kappa shape index (κ2) is 5.80. The smallest absolute Gasteiger partial charge is 0.253 e. The van der Waals surface area contributed by atoms with Crippen LogP contribution in [0.25, 0.3) is 0 Å². The number of carbonyl (C=O) groups excluding carboxylic acids is 1. The van der Waals surface area contributed by atoms with E-state index in [0.717, 1.165) is 8.95 Å². The van der Waals surface area contributed by atoms with E-state index < -0.39 is 6.10 Å². The quantitative estimate of drug-likeness (QED) is 0.910. The number of hydrogen-bond acceptors (Lipinski definition) is 2. The third-order valence-corrected chi connectivity index (χ3v) is 2.91. The molecule has 0 spiro atoms. The first kappa shape index (κ1) is 13.7. The molecular weight excluding hydrogens is 338 g/mol. The Labute approximate surface area is 112 Å². The monoisotopic (exact) mass is 349 g/mol. The lowest BCUT2D eigenvalue weighted by atomic mass is 10.2. The highest BCUT2D eigenvalue weighted by Gasteiger charge is 2.14. The molecule has 0 bridgehead atoms. The fraction of sp³-hybridized carbons (Fsp3) is 0.364. The van der Waals surface area contributed by atoms with Gasteiger partial charge >= 0.3 is 0 Å².